The number of carbonyl (C=O) groups is 1. The first-order valence-electron chi connectivity index (χ1n) is 5.84. The summed E-state index contributed by atoms with van der Waals surface area (Å²) >= 11 is 0. The molecular weight excluding hydrogens is 268 g/mol. The van der Waals surface area contributed by atoms with Gasteiger partial charge in [-0.2, -0.15) is 8.42 Å². The molecule has 19 heavy (non-hydrogen) atoms. The van der Waals surface area contributed by atoms with Crippen LogP contribution in [-0.2, 0) is 14.9 Å². The van der Waals surface area contributed by atoms with Crippen LogP contribution >= 0.6 is 0 Å². The Bertz CT molecular complexity index is 539. The summed E-state index contributed by atoms with van der Waals surface area (Å²) in [4.78, 5) is 12.3. The lowest BCUT2D eigenvalue weighted by Gasteiger charge is -2.34. The van der Waals surface area contributed by atoms with Crippen molar-refractivity contribution in [3.63, 3.8) is 0 Å². The smallest absolute Gasteiger partial charge is 0.294 e. The summed E-state index contributed by atoms with van der Waals surface area (Å²) in [7, 11) is -4.02. The van der Waals surface area contributed by atoms with Gasteiger partial charge in [-0.15, -0.1) is 0 Å². The zero-order valence-electron chi connectivity index (χ0n) is 10.9. The number of benzene rings is 1. The fraction of sp³-hybridized carbons (Fsp3) is 0.417. The fourth-order valence-electron chi connectivity index (χ4n) is 1.52. The van der Waals surface area contributed by atoms with E-state index < -0.39 is 10.1 Å². The van der Waals surface area contributed by atoms with E-state index in [0.29, 0.717) is 0 Å². The first-order valence-corrected chi connectivity index (χ1v) is 7.28. The Balaban J connectivity index is 0.000000200. The number of hydrogen-bond acceptors (Lipinski definition) is 4. The highest BCUT2D eigenvalue weighted by Crippen LogP contribution is 2.08. The highest BCUT2D eigenvalue weighted by atomic mass is 32.2. The molecule has 0 radical (unpaired) electrons. The van der Waals surface area contributed by atoms with Crippen LogP contribution in [0.2, 0.25) is 0 Å². The number of hydrogen-bond donors (Lipinski definition) is 2. The Morgan fingerprint density at radius 1 is 1.37 bits per heavy atom. The van der Waals surface area contributed by atoms with Gasteiger partial charge in [0.2, 0.25) is 5.91 Å². The lowest BCUT2D eigenvalue weighted by molar-refractivity contribution is -0.141. The van der Waals surface area contributed by atoms with Gasteiger partial charge in [0.15, 0.2) is 0 Å². The SMILES string of the molecule is CCN1C[C@H](N)C1=O.Cc1ccc(S(=O)(=O)O)cc1. The molecule has 2 rings (SSSR count). The number of β-lactam (4-membered cyclic amide) rings is 1. The lowest BCUT2D eigenvalue weighted by Crippen LogP contribution is -2.60. The molecule has 1 aromatic rings. The van der Waals surface area contributed by atoms with Gasteiger partial charge in [-0.1, -0.05) is 17.7 Å². The van der Waals surface area contributed by atoms with Gasteiger partial charge in [-0.3, -0.25) is 9.35 Å². The quantitative estimate of drug-likeness (QED) is 0.606. The Labute approximate surface area is 113 Å². The summed E-state index contributed by atoms with van der Waals surface area (Å²) in [6, 6.07) is 5.79. The summed E-state index contributed by atoms with van der Waals surface area (Å²) in [6.45, 7) is 5.33. The molecule has 106 valence electrons. The molecule has 0 bridgehead atoms. The molecule has 0 saturated carbocycles. The number of nitrogens with zero attached hydrogens (tertiary/aromatic N) is 1. The number of likely N-dealkylation sites (N-methyl/N-ethyl adjacent to an activating group) is 1. The molecule has 1 fully saturated rings. The van der Waals surface area contributed by atoms with Gasteiger partial charge < -0.3 is 10.6 Å². The summed E-state index contributed by atoms with van der Waals surface area (Å²) in [6.07, 6.45) is 0. The molecule has 0 spiro atoms. The second-order valence-electron chi connectivity index (χ2n) is 4.27. The Kier molecular flexibility index (Phi) is 5.04. The third kappa shape index (κ3) is 4.30. The molecule has 1 amide bonds. The van der Waals surface area contributed by atoms with Crippen LogP contribution in [0, 0.1) is 6.92 Å². The number of carbonyl (C=O) groups excluding carboxylic acids is 1. The molecule has 3 N–H and O–H groups in total. The maximum absolute atomic E-state index is 10.6. The van der Waals surface area contributed by atoms with Crippen LogP contribution in [0.1, 0.15) is 12.5 Å². The number of aryl methyl sites for hydroxylation is 1. The fourth-order valence-corrected chi connectivity index (χ4v) is 2.00. The van der Waals surface area contributed by atoms with Crippen LogP contribution in [0.25, 0.3) is 0 Å². The monoisotopic (exact) mass is 286 g/mol. The van der Waals surface area contributed by atoms with E-state index in [0.717, 1.165) is 18.7 Å². The van der Waals surface area contributed by atoms with E-state index in [1.54, 1.807) is 17.0 Å². The first kappa shape index (κ1) is 15.6. The van der Waals surface area contributed by atoms with E-state index in [9.17, 15) is 13.2 Å². The maximum atomic E-state index is 10.6. The molecule has 0 aromatic heterocycles. The number of nitrogens with two attached hydrogens (primary N) is 1. The zero-order chi connectivity index (χ0) is 14.6. The molecule has 1 aliphatic heterocycles. The minimum atomic E-state index is -4.02. The van der Waals surface area contributed by atoms with Crippen molar-refractivity contribution >= 4 is 16.0 Å². The molecule has 0 unspecified atom stereocenters. The van der Waals surface area contributed by atoms with Crippen LogP contribution in [0.15, 0.2) is 29.2 Å². The Hall–Kier alpha value is -1.44. The summed E-state index contributed by atoms with van der Waals surface area (Å²) in [5, 5.41) is 0. The van der Waals surface area contributed by atoms with Gasteiger partial charge in [0, 0.05) is 13.1 Å². The molecule has 6 nitrogen and oxygen atoms in total. The van der Waals surface area contributed by atoms with Crippen molar-refractivity contribution in [3.8, 4) is 0 Å². The van der Waals surface area contributed by atoms with Gasteiger partial charge >= 0.3 is 0 Å². The molecule has 0 aliphatic carbocycles. The van der Waals surface area contributed by atoms with E-state index in [1.807, 2.05) is 13.8 Å². The lowest BCUT2D eigenvalue weighted by atomic mass is 10.1. The van der Waals surface area contributed by atoms with Crippen LogP contribution in [0.3, 0.4) is 0 Å². The van der Waals surface area contributed by atoms with Gasteiger partial charge in [0.1, 0.15) is 6.04 Å². The minimum Gasteiger partial charge on any atom is -0.339 e. The topological polar surface area (TPSA) is 101 Å². The van der Waals surface area contributed by atoms with E-state index in [4.69, 9.17) is 10.3 Å². The molecule has 1 heterocycles. The summed E-state index contributed by atoms with van der Waals surface area (Å²) < 4.78 is 29.6. The third-order valence-electron chi connectivity index (χ3n) is 2.75. The second-order valence-corrected chi connectivity index (χ2v) is 5.69. The Morgan fingerprint density at radius 3 is 2.16 bits per heavy atom. The van der Waals surface area contributed by atoms with E-state index >= 15 is 0 Å². The molecule has 1 atom stereocenters. The summed E-state index contributed by atoms with van der Waals surface area (Å²) in [5.41, 5.74) is 6.25. The number of amides is 1. The predicted molar refractivity (Wildman–Crippen MR) is 71.2 cm³/mol. The minimum absolute atomic E-state index is 0.0666. The molecule has 1 aliphatic rings. The van der Waals surface area contributed by atoms with Crippen LogP contribution in [0.4, 0.5) is 0 Å². The van der Waals surface area contributed by atoms with Crippen molar-refractivity contribution in [2.24, 2.45) is 5.73 Å². The van der Waals surface area contributed by atoms with Gasteiger partial charge in [-0.25, -0.2) is 0 Å². The van der Waals surface area contributed by atoms with Crippen molar-refractivity contribution in [2.75, 3.05) is 13.1 Å². The van der Waals surface area contributed by atoms with Crippen molar-refractivity contribution in [3.05, 3.63) is 29.8 Å². The average Bonchev–Trinajstić information content (AvgIpc) is 2.35. The van der Waals surface area contributed by atoms with E-state index in [-0.39, 0.29) is 16.8 Å². The number of likely N-dealkylation sites (tertiary alicyclic amines) is 1. The highest BCUT2D eigenvalue weighted by Gasteiger charge is 2.31. The van der Waals surface area contributed by atoms with Crippen molar-refractivity contribution in [1.29, 1.82) is 0 Å². The van der Waals surface area contributed by atoms with Gasteiger partial charge in [0.05, 0.1) is 4.90 Å². The Morgan fingerprint density at radius 2 is 1.89 bits per heavy atom. The first-order chi connectivity index (χ1) is 8.75. The maximum Gasteiger partial charge on any atom is 0.294 e. The molecular formula is C12H18N2O4S. The normalized spacial score (nSPS) is 18.4. The van der Waals surface area contributed by atoms with E-state index in [2.05, 4.69) is 0 Å². The van der Waals surface area contributed by atoms with Crippen molar-refractivity contribution < 1.29 is 17.8 Å². The predicted octanol–water partition coefficient (Wildman–Crippen LogP) is 0.418. The van der Waals surface area contributed by atoms with Crippen molar-refractivity contribution in [2.45, 2.75) is 24.8 Å². The third-order valence-corrected chi connectivity index (χ3v) is 3.61. The standard InChI is InChI=1S/C7H8O3S.C5H10N2O/c1-6-2-4-7(5-3-6)11(8,9)10;1-2-7-3-4(6)5(7)8/h2-5H,1H3,(H,8,9,10);4H,2-3,6H2,1H3/t;4-/m.0/s1. The number of rotatable bonds is 2. The average molecular weight is 286 g/mol. The second kappa shape index (κ2) is 6.14. The summed E-state index contributed by atoms with van der Waals surface area (Å²) in [5.74, 6) is 0.0903. The molecule has 1 aromatic carbocycles. The van der Waals surface area contributed by atoms with E-state index in [1.165, 1.54) is 12.1 Å². The molecule has 7 heteroatoms. The molecule has 1 saturated heterocycles. The van der Waals surface area contributed by atoms with Crippen LogP contribution < -0.4 is 5.73 Å². The largest absolute Gasteiger partial charge is 0.339 e. The van der Waals surface area contributed by atoms with Gasteiger partial charge in [0.25, 0.3) is 10.1 Å². The van der Waals surface area contributed by atoms with Gasteiger partial charge in [-0.05, 0) is 26.0 Å². The van der Waals surface area contributed by atoms with Crippen LogP contribution in [0.5, 0.6) is 0 Å². The zero-order valence-corrected chi connectivity index (χ0v) is 11.7. The van der Waals surface area contributed by atoms with Crippen LogP contribution in [-0.4, -0.2) is 42.9 Å². The van der Waals surface area contributed by atoms with Crippen molar-refractivity contribution in [1.82, 2.24) is 4.90 Å². The highest BCUT2D eigenvalue weighted by molar-refractivity contribution is 7.85.